The lowest BCUT2D eigenvalue weighted by Crippen LogP contribution is -2.45. The summed E-state index contributed by atoms with van der Waals surface area (Å²) in [7, 11) is 0. The molecule has 0 aromatic rings. The number of rotatable bonds is 5. The highest BCUT2D eigenvalue weighted by atomic mass is 32.1. The monoisotopic (exact) mass is 260 g/mol. The lowest BCUT2D eigenvalue weighted by molar-refractivity contribution is -0.143. The highest BCUT2D eigenvalue weighted by molar-refractivity contribution is 7.77. The number of carbonyl (C=O) groups is 2. The van der Waals surface area contributed by atoms with Gasteiger partial charge in [0, 0.05) is 19.0 Å². The SMILES string of the molecule is CC(C)C(NC(=O)C[C@@H]1CCCN1S)C(=O)O. The van der Waals surface area contributed by atoms with Crippen LogP contribution in [0.4, 0.5) is 0 Å². The Morgan fingerprint density at radius 1 is 1.53 bits per heavy atom. The molecule has 6 heteroatoms. The quantitative estimate of drug-likeness (QED) is 0.643. The van der Waals surface area contributed by atoms with Crippen LogP contribution in [0.25, 0.3) is 0 Å². The Morgan fingerprint density at radius 3 is 2.59 bits per heavy atom. The molecule has 0 aromatic carbocycles. The number of carboxylic acids is 1. The third kappa shape index (κ3) is 4.20. The van der Waals surface area contributed by atoms with Crippen LogP contribution in [0.5, 0.6) is 0 Å². The van der Waals surface area contributed by atoms with Gasteiger partial charge < -0.3 is 10.4 Å². The molecule has 1 aliphatic rings. The first-order valence-corrected chi connectivity index (χ1v) is 6.29. The Balaban J connectivity index is 2.45. The van der Waals surface area contributed by atoms with Crippen molar-refractivity contribution in [1.82, 2.24) is 9.62 Å². The second-order valence-electron chi connectivity index (χ2n) is 4.79. The van der Waals surface area contributed by atoms with Crippen molar-refractivity contribution in [2.75, 3.05) is 6.54 Å². The molecule has 0 spiro atoms. The lowest BCUT2D eigenvalue weighted by Gasteiger charge is -2.21. The molecule has 0 aliphatic carbocycles. The van der Waals surface area contributed by atoms with E-state index in [9.17, 15) is 9.59 Å². The summed E-state index contributed by atoms with van der Waals surface area (Å²) in [5.74, 6) is -1.31. The Morgan fingerprint density at radius 2 is 2.18 bits per heavy atom. The van der Waals surface area contributed by atoms with E-state index in [1.165, 1.54) is 0 Å². The summed E-state index contributed by atoms with van der Waals surface area (Å²) in [6, 6.07) is -0.683. The zero-order chi connectivity index (χ0) is 13.0. The molecule has 17 heavy (non-hydrogen) atoms. The fraction of sp³-hybridized carbons (Fsp3) is 0.818. The molecule has 1 fully saturated rings. The molecular formula is C11H20N2O3S. The average Bonchev–Trinajstić information content (AvgIpc) is 2.60. The second kappa shape index (κ2) is 6.26. The first kappa shape index (κ1) is 14.3. The number of aliphatic carboxylic acids is 1. The molecule has 1 unspecified atom stereocenters. The number of nitrogens with one attached hydrogen (secondary N) is 1. The van der Waals surface area contributed by atoms with E-state index >= 15 is 0 Å². The summed E-state index contributed by atoms with van der Waals surface area (Å²) < 4.78 is 1.85. The molecule has 2 N–H and O–H groups in total. The van der Waals surface area contributed by atoms with E-state index in [4.69, 9.17) is 5.11 Å². The third-order valence-corrected chi connectivity index (χ3v) is 3.54. The number of amides is 1. The summed E-state index contributed by atoms with van der Waals surface area (Å²) in [5, 5.41) is 11.5. The molecular weight excluding hydrogens is 240 g/mol. The van der Waals surface area contributed by atoms with Crippen LogP contribution in [-0.4, -0.2) is 39.9 Å². The normalized spacial score (nSPS) is 22.7. The van der Waals surface area contributed by atoms with Gasteiger partial charge >= 0.3 is 5.97 Å². The second-order valence-corrected chi connectivity index (χ2v) is 5.30. The van der Waals surface area contributed by atoms with Crippen LogP contribution in [0, 0.1) is 5.92 Å². The molecule has 1 heterocycles. The first-order chi connectivity index (χ1) is 7.91. The molecule has 1 amide bonds. The third-order valence-electron chi connectivity index (χ3n) is 3.02. The molecule has 0 saturated carbocycles. The predicted octanol–water partition coefficient (Wildman–Crippen LogP) is 0.911. The minimum Gasteiger partial charge on any atom is -0.480 e. The number of nitrogens with zero attached hydrogens (tertiary/aromatic N) is 1. The molecule has 1 aliphatic heterocycles. The maximum absolute atomic E-state index is 11.7. The van der Waals surface area contributed by atoms with E-state index in [1.54, 1.807) is 13.8 Å². The number of carbonyl (C=O) groups excluding carboxylic acids is 1. The average molecular weight is 260 g/mol. The lowest BCUT2D eigenvalue weighted by atomic mass is 10.0. The smallest absolute Gasteiger partial charge is 0.326 e. The summed E-state index contributed by atoms with van der Waals surface area (Å²) >= 11 is 4.27. The number of thiol groups is 1. The zero-order valence-corrected chi connectivity index (χ0v) is 11.1. The van der Waals surface area contributed by atoms with Gasteiger partial charge in [-0.25, -0.2) is 9.10 Å². The van der Waals surface area contributed by atoms with Gasteiger partial charge in [-0.15, -0.1) is 0 Å². The summed E-state index contributed by atoms with van der Waals surface area (Å²) in [5.41, 5.74) is 0. The molecule has 0 radical (unpaired) electrons. The topological polar surface area (TPSA) is 69.6 Å². The van der Waals surface area contributed by atoms with Crippen molar-refractivity contribution in [3.05, 3.63) is 0 Å². The highest BCUT2D eigenvalue weighted by Gasteiger charge is 2.28. The molecule has 1 rings (SSSR count). The zero-order valence-electron chi connectivity index (χ0n) is 10.2. The van der Waals surface area contributed by atoms with Gasteiger partial charge in [-0.05, 0) is 18.8 Å². The van der Waals surface area contributed by atoms with E-state index in [0.717, 1.165) is 19.4 Å². The van der Waals surface area contributed by atoms with E-state index in [0.29, 0.717) is 6.42 Å². The predicted molar refractivity (Wildman–Crippen MR) is 67.7 cm³/mol. The van der Waals surface area contributed by atoms with Crippen LogP contribution < -0.4 is 5.32 Å². The molecule has 2 atom stereocenters. The molecule has 5 nitrogen and oxygen atoms in total. The van der Waals surface area contributed by atoms with Crippen molar-refractivity contribution in [2.24, 2.45) is 5.92 Å². The van der Waals surface area contributed by atoms with Gasteiger partial charge in [0.25, 0.3) is 0 Å². The Hall–Kier alpha value is -0.750. The summed E-state index contributed by atoms with van der Waals surface area (Å²) in [6.07, 6.45) is 2.30. The maximum atomic E-state index is 11.7. The fourth-order valence-electron chi connectivity index (χ4n) is 1.99. The van der Waals surface area contributed by atoms with Crippen LogP contribution >= 0.6 is 12.8 Å². The largest absolute Gasteiger partial charge is 0.480 e. The van der Waals surface area contributed by atoms with E-state index in [-0.39, 0.29) is 17.9 Å². The first-order valence-electron chi connectivity index (χ1n) is 5.89. The number of hydrogen-bond donors (Lipinski definition) is 3. The van der Waals surface area contributed by atoms with Crippen LogP contribution in [0.1, 0.15) is 33.1 Å². The van der Waals surface area contributed by atoms with Gasteiger partial charge in [0.05, 0.1) is 0 Å². The van der Waals surface area contributed by atoms with Gasteiger partial charge in [0.15, 0.2) is 0 Å². The van der Waals surface area contributed by atoms with Crippen molar-refractivity contribution in [3.63, 3.8) is 0 Å². The number of hydrogen-bond acceptors (Lipinski definition) is 4. The van der Waals surface area contributed by atoms with Gasteiger partial charge in [0.2, 0.25) is 5.91 Å². The van der Waals surface area contributed by atoms with E-state index in [1.807, 2.05) is 4.31 Å². The minimum absolute atomic E-state index is 0.118. The van der Waals surface area contributed by atoms with Crippen LogP contribution in [-0.2, 0) is 9.59 Å². The van der Waals surface area contributed by atoms with Crippen molar-refractivity contribution in [2.45, 2.75) is 45.2 Å². The van der Waals surface area contributed by atoms with Crippen molar-refractivity contribution < 1.29 is 14.7 Å². The molecule has 0 bridgehead atoms. The molecule has 1 saturated heterocycles. The maximum Gasteiger partial charge on any atom is 0.326 e. The summed E-state index contributed by atoms with van der Waals surface area (Å²) in [4.78, 5) is 22.7. The van der Waals surface area contributed by atoms with E-state index in [2.05, 4.69) is 18.1 Å². The Bertz CT molecular complexity index is 296. The van der Waals surface area contributed by atoms with Crippen LogP contribution in [0.15, 0.2) is 0 Å². The Kier molecular flexibility index (Phi) is 5.27. The van der Waals surface area contributed by atoms with E-state index < -0.39 is 12.0 Å². The fourth-order valence-corrected chi connectivity index (χ4v) is 2.33. The van der Waals surface area contributed by atoms with Crippen molar-refractivity contribution >= 4 is 24.7 Å². The van der Waals surface area contributed by atoms with Gasteiger partial charge in [-0.1, -0.05) is 26.7 Å². The number of carboxylic acid groups (broad SMARTS) is 1. The van der Waals surface area contributed by atoms with Crippen LogP contribution in [0.3, 0.4) is 0 Å². The molecule has 98 valence electrons. The van der Waals surface area contributed by atoms with Gasteiger partial charge in [0.1, 0.15) is 6.04 Å². The molecule has 0 aromatic heterocycles. The standard InChI is InChI=1S/C11H20N2O3S/c1-7(2)10(11(15)16)12-9(14)6-8-4-3-5-13(8)17/h7-8,10,17H,3-6H2,1-2H3,(H,12,14)(H,15,16)/t8-,10?/m0/s1. The van der Waals surface area contributed by atoms with Crippen molar-refractivity contribution in [1.29, 1.82) is 0 Å². The van der Waals surface area contributed by atoms with Crippen molar-refractivity contribution in [3.8, 4) is 0 Å². The Labute approximate surface area is 107 Å². The van der Waals surface area contributed by atoms with Gasteiger partial charge in [-0.3, -0.25) is 4.79 Å². The highest BCUT2D eigenvalue weighted by Crippen LogP contribution is 2.21. The minimum atomic E-state index is -0.984. The van der Waals surface area contributed by atoms with Gasteiger partial charge in [-0.2, -0.15) is 0 Å². The van der Waals surface area contributed by atoms with Crippen LogP contribution in [0.2, 0.25) is 0 Å². The summed E-state index contributed by atoms with van der Waals surface area (Å²) in [6.45, 7) is 4.44.